The third-order valence-electron chi connectivity index (χ3n) is 4.66. The molecule has 3 N–H and O–H groups in total. The average Bonchev–Trinajstić information content (AvgIpc) is 3.05. The fraction of sp³-hybridized carbons (Fsp3) is 0.769. The SMILES string of the molecule is NC1CC2CCC(C1)N2C(=O)c1n[nH]c(C2CC2)n1. The van der Waals surface area contributed by atoms with Crippen LogP contribution in [0.3, 0.4) is 0 Å². The first kappa shape index (κ1) is 11.4. The Morgan fingerprint density at radius 1 is 1.21 bits per heavy atom. The number of aromatic amines is 1. The van der Waals surface area contributed by atoms with E-state index in [1.165, 1.54) is 0 Å². The Morgan fingerprint density at radius 2 is 1.89 bits per heavy atom. The smallest absolute Gasteiger partial charge is 0.294 e. The number of carbonyl (C=O) groups excluding carboxylic acids is 1. The van der Waals surface area contributed by atoms with Gasteiger partial charge >= 0.3 is 0 Å². The molecule has 1 amide bonds. The molecule has 19 heavy (non-hydrogen) atoms. The molecule has 1 aliphatic carbocycles. The predicted octanol–water partition coefficient (Wildman–Crippen LogP) is 0.776. The van der Waals surface area contributed by atoms with Gasteiger partial charge < -0.3 is 10.6 Å². The lowest BCUT2D eigenvalue weighted by Crippen LogP contribution is -2.50. The summed E-state index contributed by atoms with van der Waals surface area (Å²) in [5.74, 6) is 1.71. The number of aromatic nitrogens is 3. The third kappa shape index (κ3) is 1.85. The number of hydrogen-bond acceptors (Lipinski definition) is 4. The lowest BCUT2D eigenvalue weighted by Gasteiger charge is -2.36. The summed E-state index contributed by atoms with van der Waals surface area (Å²) in [5, 5.41) is 7.02. The second-order valence-corrected chi connectivity index (χ2v) is 6.15. The Morgan fingerprint density at radius 3 is 2.53 bits per heavy atom. The van der Waals surface area contributed by atoms with Gasteiger partial charge in [-0.3, -0.25) is 9.89 Å². The summed E-state index contributed by atoms with van der Waals surface area (Å²) < 4.78 is 0. The van der Waals surface area contributed by atoms with Gasteiger partial charge in [0.15, 0.2) is 0 Å². The molecule has 1 aromatic rings. The summed E-state index contributed by atoms with van der Waals surface area (Å²) in [6, 6.07) is 0.837. The van der Waals surface area contributed by atoms with Crippen LogP contribution in [0, 0.1) is 0 Å². The molecular formula is C13H19N5O. The van der Waals surface area contributed by atoms with Gasteiger partial charge in [-0.15, -0.1) is 5.10 Å². The minimum Gasteiger partial charge on any atom is -0.330 e. The van der Waals surface area contributed by atoms with Crippen LogP contribution >= 0.6 is 0 Å². The highest BCUT2D eigenvalue weighted by molar-refractivity contribution is 5.91. The standard InChI is InChI=1S/C13H19N5O/c14-8-5-9-3-4-10(6-8)18(9)13(19)12-15-11(16-17-12)7-1-2-7/h7-10H,1-6,14H2,(H,15,16,17). The second-order valence-electron chi connectivity index (χ2n) is 6.15. The molecule has 2 aliphatic heterocycles. The van der Waals surface area contributed by atoms with Gasteiger partial charge in [0.25, 0.3) is 5.91 Å². The molecule has 0 aromatic carbocycles. The molecule has 4 rings (SSSR count). The van der Waals surface area contributed by atoms with Crippen molar-refractivity contribution < 1.29 is 4.79 Å². The van der Waals surface area contributed by atoms with Gasteiger partial charge in [-0.1, -0.05) is 0 Å². The van der Waals surface area contributed by atoms with Gasteiger partial charge in [-0.05, 0) is 38.5 Å². The molecule has 2 bridgehead atoms. The normalized spacial score (nSPS) is 33.7. The molecule has 2 saturated heterocycles. The quantitative estimate of drug-likeness (QED) is 0.823. The van der Waals surface area contributed by atoms with Crippen LogP contribution in [0.2, 0.25) is 0 Å². The maximum atomic E-state index is 12.6. The minimum atomic E-state index is -0.0115. The monoisotopic (exact) mass is 261 g/mol. The van der Waals surface area contributed by atoms with Crippen LogP contribution in [-0.2, 0) is 0 Å². The lowest BCUT2D eigenvalue weighted by atomic mass is 9.98. The van der Waals surface area contributed by atoms with Crippen LogP contribution in [0.25, 0.3) is 0 Å². The van der Waals surface area contributed by atoms with E-state index >= 15 is 0 Å². The predicted molar refractivity (Wildman–Crippen MR) is 68.5 cm³/mol. The summed E-state index contributed by atoms with van der Waals surface area (Å²) in [4.78, 5) is 18.9. The van der Waals surface area contributed by atoms with Crippen molar-refractivity contribution in [2.75, 3.05) is 0 Å². The molecule has 2 atom stereocenters. The van der Waals surface area contributed by atoms with Crippen molar-refractivity contribution in [2.45, 2.75) is 62.6 Å². The van der Waals surface area contributed by atoms with E-state index in [9.17, 15) is 4.79 Å². The van der Waals surface area contributed by atoms with Crippen LogP contribution in [0.15, 0.2) is 0 Å². The molecule has 1 saturated carbocycles. The summed E-state index contributed by atoms with van der Waals surface area (Å²) in [6.07, 6.45) is 6.30. The number of H-pyrrole nitrogens is 1. The van der Waals surface area contributed by atoms with Gasteiger partial charge in [0.1, 0.15) is 5.82 Å². The number of carbonyl (C=O) groups is 1. The Bertz CT molecular complexity index is 495. The van der Waals surface area contributed by atoms with E-state index in [1.807, 2.05) is 4.90 Å². The molecule has 2 unspecified atom stereocenters. The fourth-order valence-electron chi connectivity index (χ4n) is 3.58. The summed E-state index contributed by atoms with van der Waals surface area (Å²) >= 11 is 0. The summed E-state index contributed by atoms with van der Waals surface area (Å²) in [6.45, 7) is 0. The maximum Gasteiger partial charge on any atom is 0.294 e. The van der Waals surface area contributed by atoms with Crippen LogP contribution < -0.4 is 5.73 Å². The van der Waals surface area contributed by atoms with Gasteiger partial charge in [0, 0.05) is 24.0 Å². The van der Waals surface area contributed by atoms with Gasteiger partial charge in [-0.25, -0.2) is 4.98 Å². The van der Waals surface area contributed by atoms with E-state index in [2.05, 4.69) is 15.2 Å². The zero-order valence-electron chi connectivity index (χ0n) is 10.9. The van der Waals surface area contributed by atoms with Gasteiger partial charge in [0.05, 0.1) is 0 Å². The molecule has 6 nitrogen and oxygen atoms in total. The van der Waals surface area contributed by atoms with Crippen LogP contribution in [0.1, 0.15) is 60.9 Å². The molecule has 3 aliphatic rings. The molecular weight excluding hydrogens is 242 g/mol. The first-order valence-electron chi connectivity index (χ1n) is 7.23. The second kappa shape index (κ2) is 4.03. The van der Waals surface area contributed by atoms with Gasteiger partial charge in [-0.2, -0.15) is 0 Å². The van der Waals surface area contributed by atoms with E-state index in [0.29, 0.717) is 23.8 Å². The Hall–Kier alpha value is -1.43. The van der Waals surface area contributed by atoms with Crippen LogP contribution in [0.4, 0.5) is 0 Å². The Kier molecular flexibility index (Phi) is 2.42. The highest BCUT2D eigenvalue weighted by Crippen LogP contribution is 2.38. The summed E-state index contributed by atoms with van der Waals surface area (Å²) in [7, 11) is 0. The molecule has 1 aromatic heterocycles. The van der Waals surface area contributed by atoms with E-state index in [0.717, 1.165) is 44.3 Å². The molecule has 0 spiro atoms. The molecule has 3 heterocycles. The van der Waals surface area contributed by atoms with Crippen molar-refractivity contribution in [2.24, 2.45) is 5.73 Å². The summed E-state index contributed by atoms with van der Waals surface area (Å²) in [5.41, 5.74) is 6.03. The molecule has 0 radical (unpaired) electrons. The van der Waals surface area contributed by atoms with E-state index < -0.39 is 0 Å². The number of hydrogen-bond donors (Lipinski definition) is 2. The number of nitrogens with zero attached hydrogens (tertiary/aromatic N) is 3. The van der Waals surface area contributed by atoms with Crippen molar-refractivity contribution in [3.63, 3.8) is 0 Å². The van der Waals surface area contributed by atoms with E-state index in [1.54, 1.807) is 0 Å². The van der Waals surface area contributed by atoms with Crippen LogP contribution in [-0.4, -0.2) is 44.1 Å². The molecule has 3 fully saturated rings. The highest BCUT2D eigenvalue weighted by Gasteiger charge is 2.43. The average molecular weight is 261 g/mol. The Balaban J connectivity index is 1.56. The first-order valence-corrected chi connectivity index (χ1v) is 7.23. The van der Waals surface area contributed by atoms with Crippen molar-refractivity contribution >= 4 is 5.91 Å². The van der Waals surface area contributed by atoms with Crippen molar-refractivity contribution in [1.29, 1.82) is 0 Å². The zero-order valence-corrected chi connectivity index (χ0v) is 10.9. The number of nitrogens with two attached hydrogens (primary N) is 1. The Labute approximate surface area is 111 Å². The third-order valence-corrected chi connectivity index (χ3v) is 4.66. The number of nitrogens with one attached hydrogen (secondary N) is 1. The van der Waals surface area contributed by atoms with E-state index in [4.69, 9.17) is 5.73 Å². The van der Waals surface area contributed by atoms with E-state index in [-0.39, 0.29) is 11.9 Å². The van der Waals surface area contributed by atoms with Crippen molar-refractivity contribution in [3.05, 3.63) is 11.6 Å². The van der Waals surface area contributed by atoms with Crippen molar-refractivity contribution in [1.82, 2.24) is 20.1 Å². The number of rotatable bonds is 2. The number of amides is 1. The highest BCUT2D eigenvalue weighted by atomic mass is 16.2. The molecule has 6 heteroatoms. The lowest BCUT2D eigenvalue weighted by molar-refractivity contribution is 0.0563. The maximum absolute atomic E-state index is 12.6. The first-order chi connectivity index (χ1) is 9.22. The van der Waals surface area contributed by atoms with Crippen LogP contribution in [0.5, 0.6) is 0 Å². The van der Waals surface area contributed by atoms with Crippen molar-refractivity contribution in [3.8, 4) is 0 Å². The number of fused-ring (bicyclic) bond motifs is 2. The minimum absolute atomic E-state index is 0.0115. The van der Waals surface area contributed by atoms with Gasteiger partial charge in [0.2, 0.25) is 5.82 Å². The largest absolute Gasteiger partial charge is 0.330 e. The number of piperidine rings is 1. The molecule has 102 valence electrons. The topological polar surface area (TPSA) is 87.9 Å². The zero-order chi connectivity index (χ0) is 13.0. The fourth-order valence-corrected chi connectivity index (χ4v) is 3.58.